The fraction of sp³-hybridized carbons (Fsp3) is 0.312. The highest BCUT2D eigenvalue weighted by Gasteiger charge is 2.47. The van der Waals surface area contributed by atoms with Gasteiger partial charge < -0.3 is 19.3 Å². The lowest BCUT2D eigenvalue weighted by Gasteiger charge is -2.27. The first-order valence-electron chi connectivity index (χ1n) is 12.9. The molecule has 1 unspecified atom stereocenters. The van der Waals surface area contributed by atoms with Crippen LogP contribution in [0.3, 0.4) is 0 Å². The molecule has 1 fully saturated rings. The van der Waals surface area contributed by atoms with Crippen LogP contribution in [0, 0.1) is 6.92 Å². The maximum absolute atomic E-state index is 13.7. The summed E-state index contributed by atoms with van der Waals surface area (Å²) < 4.78 is 16.6. The molecule has 204 valence electrons. The normalized spacial score (nSPS) is 16.9. The molecule has 0 bridgehead atoms. The van der Waals surface area contributed by atoms with Crippen LogP contribution in [0.25, 0.3) is 5.76 Å². The van der Waals surface area contributed by atoms with Crippen LogP contribution in [0.2, 0.25) is 0 Å². The number of Topliss-reactive ketones (excluding diaryl/α,β-unsaturated/α-hetero) is 1. The average molecular weight is 530 g/mol. The van der Waals surface area contributed by atoms with E-state index in [0.717, 1.165) is 11.1 Å². The first-order chi connectivity index (χ1) is 18.5. The van der Waals surface area contributed by atoms with E-state index in [2.05, 4.69) is 20.8 Å². The van der Waals surface area contributed by atoms with Crippen molar-refractivity contribution in [3.8, 4) is 17.2 Å². The van der Waals surface area contributed by atoms with Crippen LogP contribution in [-0.4, -0.2) is 37.6 Å². The number of rotatable bonds is 7. The number of nitrogens with zero attached hydrogens (tertiary/aromatic N) is 1. The zero-order valence-electron chi connectivity index (χ0n) is 23.5. The summed E-state index contributed by atoms with van der Waals surface area (Å²) in [7, 11) is 3.05. The molecule has 1 atom stereocenters. The minimum atomic E-state index is -0.917. The molecule has 7 heteroatoms. The molecular weight excluding hydrogens is 494 g/mol. The van der Waals surface area contributed by atoms with Crippen molar-refractivity contribution >= 4 is 23.1 Å². The van der Waals surface area contributed by atoms with E-state index < -0.39 is 17.7 Å². The number of anilines is 1. The molecule has 3 aromatic carbocycles. The summed E-state index contributed by atoms with van der Waals surface area (Å²) in [6, 6.07) is 17.1. The van der Waals surface area contributed by atoms with Crippen LogP contribution in [0.4, 0.5) is 5.69 Å². The zero-order chi connectivity index (χ0) is 28.5. The molecule has 0 saturated carbocycles. The molecule has 1 aliphatic heterocycles. The Balaban J connectivity index is 2.00. The van der Waals surface area contributed by atoms with E-state index in [0.29, 0.717) is 40.7 Å². The number of benzene rings is 3. The first kappa shape index (κ1) is 27.8. The second-order valence-corrected chi connectivity index (χ2v) is 10.5. The second-order valence-electron chi connectivity index (χ2n) is 10.5. The van der Waals surface area contributed by atoms with Crippen LogP contribution in [0.15, 0.2) is 66.2 Å². The Labute approximate surface area is 229 Å². The molecule has 1 N–H and O–H groups in total. The number of hydrogen-bond acceptors (Lipinski definition) is 6. The summed E-state index contributed by atoms with van der Waals surface area (Å²) in [6.07, 6.45) is 0. The molecular formula is C32H35NO6. The largest absolute Gasteiger partial charge is 0.507 e. The summed E-state index contributed by atoms with van der Waals surface area (Å²) in [6.45, 7) is 10.4. The molecule has 39 heavy (non-hydrogen) atoms. The summed E-state index contributed by atoms with van der Waals surface area (Å²) >= 11 is 0. The molecule has 0 radical (unpaired) electrons. The van der Waals surface area contributed by atoms with Crippen molar-refractivity contribution < 1.29 is 28.9 Å². The van der Waals surface area contributed by atoms with Crippen LogP contribution >= 0.6 is 0 Å². The minimum absolute atomic E-state index is 0.00296. The number of aliphatic hydroxyl groups is 1. The van der Waals surface area contributed by atoms with Gasteiger partial charge in [-0.25, -0.2) is 0 Å². The number of hydrogen-bond donors (Lipinski definition) is 1. The second kappa shape index (κ2) is 10.8. The minimum Gasteiger partial charge on any atom is -0.507 e. The number of methoxy groups -OCH3 is 2. The molecule has 0 spiro atoms. The molecule has 3 aromatic rings. The van der Waals surface area contributed by atoms with Crippen LogP contribution < -0.4 is 19.1 Å². The van der Waals surface area contributed by atoms with E-state index in [1.165, 1.54) is 19.1 Å². The Morgan fingerprint density at radius 3 is 2.31 bits per heavy atom. The number of aryl methyl sites for hydroxylation is 1. The molecule has 0 aliphatic carbocycles. The Morgan fingerprint density at radius 2 is 1.67 bits per heavy atom. The van der Waals surface area contributed by atoms with E-state index in [-0.39, 0.29) is 16.7 Å². The van der Waals surface area contributed by atoms with Gasteiger partial charge in [0.1, 0.15) is 11.5 Å². The third-order valence-electron chi connectivity index (χ3n) is 6.93. The first-order valence-corrected chi connectivity index (χ1v) is 12.9. The third kappa shape index (κ3) is 5.21. The van der Waals surface area contributed by atoms with Gasteiger partial charge in [-0.2, -0.15) is 0 Å². The fourth-order valence-corrected chi connectivity index (χ4v) is 4.82. The number of ether oxygens (including phenoxy) is 3. The quantitative estimate of drug-likeness (QED) is 0.219. The van der Waals surface area contributed by atoms with Gasteiger partial charge in [0.25, 0.3) is 11.7 Å². The highest BCUT2D eigenvalue weighted by molar-refractivity contribution is 6.51. The van der Waals surface area contributed by atoms with Gasteiger partial charge in [-0.3, -0.25) is 14.5 Å². The summed E-state index contributed by atoms with van der Waals surface area (Å²) in [5.41, 5.74) is 3.17. The molecule has 1 aliphatic rings. The number of ketones is 1. The summed E-state index contributed by atoms with van der Waals surface area (Å²) in [4.78, 5) is 28.7. The SMILES string of the molecule is CCOc1cccc(N2C(=O)C(=O)/C(=C(/O)c3cc(C(C)(C)C)ccc3C)C2c2ccc(OC)c(OC)c2)c1. The van der Waals surface area contributed by atoms with Crippen molar-refractivity contribution in [3.05, 3.63) is 88.5 Å². The summed E-state index contributed by atoms with van der Waals surface area (Å²) in [5.74, 6) is -0.221. The smallest absolute Gasteiger partial charge is 0.300 e. The van der Waals surface area contributed by atoms with Crippen molar-refractivity contribution in [2.24, 2.45) is 0 Å². The molecule has 4 rings (SSSR count). The molecule has 1 heterocycles. The van der Waals surface area contributed by atoms with Gasteiger partial charge in [0.05, 0.1) is 32.4 Å². The van der Waals surface area contributed by atoms with E-state index in [1.54, 1.807) is 42.5 Å². The molecule has 1 amide bonds. The Kier molecular flexibility index (Phi) is 7.72. The van der Waals surface area contributed by atoms with Gasteiger partial charge in [-0.1, -0.05) is 45.0 Å². The van der Waals surface area contributed by atoms with Gasteiger partial charge in [0.15, 0.2) is 11.5 Å². The zero-order valence-corrected chi connectivity index (χ0v) is 23.5. The highest BCUT2D eigenvalue weighted by atomic mass is 16.5. The number of carbonyl (C=O) groups excluding carboxylic acids is 2. The molecule has 1 saturated heterocycles. The summed E-state index contributed by atoms with van der Waals surface area (Å²) in [5, 5.41) is 11.7. The van der Waals surface area contributed by atoms with Crippen LogP contribution in [-0.2, 0) is 15.0 Å². The Hall–Kier alpha value is -4.26. The maximum atomic E-state index is 13.7. The molecule has 0 aromatic heterocycles. The lowest BCUT2D eigenvalue weighted by atomic mass is 9.84. The average Bonchev–Trinajstić information content (AvgIpc) is 3.18. The predicted molar refractivity (Wildman–Crippen MR) is 152 cm³/mol. The fourth-order valence-electron chi connectivity index (χ4n) is 4.82. The van der Waals surface area contributed by atoms with Gasteiger partial charge in [0, 0.05) is 17.3 Å². The highest BCUT2D eigenvalue weighted by Crippen LogP contribution is 2.45. The monoisotopic (exact) mass is 529 g/mol. The lowest BCUT2D eigenvalue weighted by molar-refractivity contribution is -0.132. The predicted octanol–water partition coefficient (Wildman–Crippen LogP) is 6.33. The third-order valence-corrected chi connectivity index (χ3v) is 6.93. The number of carbonyl (C=O) groups is 2. The van der Waals surface area contributed by atoms with Crippen molar-refractivity contribution in [1.29, 1.82) is 0 Å². The maximum Gasteiger partial charge on any atom is 0.300 e. The van der Waals surface area contributed by atoms with Gasteiger partial charge in [-0.05, 0) is 66.3 Å². The van der Waals surface area contributed by atoms with E-state index in [9.17, 15) is 14.7 Å². The van der Waals surface area contributed by atoms with E-state index >= 15 is 0 Å². The number of amides is 1. The van der Waals surface area contributed by atoms with E-state index in [1.807, 2.05) is 32.0 Å². The topological polar surface area (TPSA) is 85.3 Å². The van der Waals surface area contributed by atoms with Gasteiger partial charge in [0.2, 0.25) is 0 Å². The van der Waals surface area contributed by atoms with Crippen molar-refractivity contribution in [2.75, 3.05) is 25.7 Å². The molecule has 7 nitrogen and oxygen atoms in total. The Bertz CT molecular complexity index is 1450. The van der Waals surface area contributed by atoms with Crippen molar-refractivity contribution in [1.82, 2.24) is 0 Å². The van der Waals surface area contributed by atoms with Crippen LogP contribution in [0.1, 0.15) is 56.0 Å². The number of aliphatic hydroxyl groups excluding tert-OH is 1. The standard InChI is InChI=1S/C32H35NO6/c1-8-39-23-11-9-10-22(18-23)33-28(20-13-15-25(37-6)26(16-20)38-7)27(30(35)31(33)36)29(34)24-17-21(32(3,4)5)14-12-19(24)2/h9-18,28,34H,8H2,1-7H3/b29-27+. The van der Waals surface area contributed by atoms with Gasteiger partial charge >= 0.3 is 0 Å². The van der Waals surface area contributed by atoms with E-state index in [4.69, 9.17) is 14.2 Å². The van der Waals surface area contributed by atoms with Crippen LogP contribution in [0.5, 0.6) is 17.2 Å². The van der Waals surface area contributed by atoms with Crippen molar-refractivity contribution in [3.63, 3.8) is 0 Å². The van der Waals surface area contributed by atoms with Crippen molar-refractivity contribution in [2.45, 2.75) is 46.1 Å². The Morgan fingerprint density at radius 1 is 0.949 bits per heavy atom. The lowest BCUT2D eigenvalue weighted by Crippen LogP contribution is -2.29. The van der Waals surface area contributed by atoms with Gasteiger partial charge in [-0.15, -0.1) is 0 Å².